The number of hydrazine groups is 1. The molecule has 8 heteroatoms. The molecule has 2 heterocycles. The Bertz CT molecular complexity index is 1230. The lowest BCUT2D eigenvalue weighted by Gasteiger charge is -2.55. The molecule has 4 saturated carbocycles. The first-order chi connectivity index (χ1) is 15.4. The Kier molecular flexibility index (Phi) is 4.59. The molecule has 4 bridgehead atoms. The van der Waals surface area contributed by atoms with Gasteiger partial charge in [0.15, 0.2) is 4.32 Å². The Morgan fingerprint density at radius 2 is 1.78 bits per heavy atom. The molecule has 164 valence electrons. The van der Waals surface area contributed by atoms with E-state index in [9.17, 15) is 14.4 Å². The standard InChI is InChI=1S/C24H22N2O4S2/c27-20-19(9-17-8-16-3-1-2-4-18(16)30-21(17)28)32-23(31)26(20)25-22(29)24-10-13-5-14(11-24)7-15(6-13)12-24/h1-4,8-9,13-15H,5-7,10-12H2,(H,25,29)/b19-9+. The Hall–Kier alpha value is -2.45. The molecule has 1 aromatic heterocycles. The van der Waals surface area contributed by atoms with Crippen LogP contribution in [0, 0.1) is 23.2 Å². The van der Waals surface area contributed by atoms with Crippen LogP contribution in [0.2, 0.25) is 0 Å². The quantitative estimate of drug-likeness (QED) is 0.414. The fourth-order valence-electron chi connectivity index (χ4n) is 6.49. The molecule has 32 heavy (non-hydrogen) atoms. The zero-order chi connectivity index (χ0) is 22.0. The second-order valence-electron chi connectivity index (χ2n) is 9.68. The summed E-state index contributed by atoms with van der Waals surface area (Å²) in [6.45, 7) is 0. The van der Waals surface area contributed by atoms with E-state index in [1.807, 2.05) is 12.1 Å². The molecule has 0 spiro atoms. The van der Waals surface area contributed by atoms with Crippen molar-refractivity contribution in [1.82, 2.24) is 10.4 Å². The zero-order valence-electron chi connectivity index (χ0n) is 17.3. The van der Waals surface area contributed by atoms with Gasteiger partial charge in [-0.3, -0.25) is 15.0 Å². The molecular formula is C24H22N2O4S2. The Morgan fingerprint density at radius 1 is 1.12 bits per heavy atom. The van der Waals surface area contributed by atoms with Crippen LogP contribution < -0.4 is 11.1 Å². The number of carbonyl (C=O) groups excluding carboxylic acids is 2. The molecular weight excluding hydrogens is 444 g/mol. The van der Waals surface area contributed by atoms with Gasteiger partial charge < -0.3 is 4.42 Å². The van der Waals surface area contributed by atoms with Gasteiger partial charge in [0.1, 0.15) is 5.58 Å². The summed E-state index contributed by atoms with van der Waals surface area (Å²) in [5.74, 6) is 1.39. The highest BCUT2D eigenvalue weighted by Crippen LogP contribution is 2.60. The van der Waals surface area contributed by atoms with E-state index < -0.39 is 11.5 Å². The number of hydrogen-bond acceptors (Lipinski definition) is 6. The number of hydrogen-bond donors (Lipinski definition) is 1. The maximum atomic E-state index is 13.4. The van der Waals surface area contributed by atoms with E-state index in [4.69, 9.17) is 16.6 Å². The minimum absolute atomic E-state index is 0.0839. The van der Waals surface area contributed by atoms with Gasteiger partial charge >= 0.3 is 5.63 Å². The topological polar surface area (TPSA) is 79.6 Å². The van der Waals surface area contributed by atoms with Gasteiger partial charge in [0.25, 0.3) is 5.91 Å². The van der Waals surface area contributed by atoms with Crippen LogP contribution in [0.5, 0.6) is 0 Å². The minimum atomic E-state index is -0.522. The molecule has 1 saturated heterocycles. The fraction of sp³-hybridized carbons (Fsp3) is 0.417. The number of nitrogens with zero attached hydrogens (tertiary/aromatic N) is 1. The summed E-state index contributed by atoms with van der Waals surface area (Å²) in [6, 6.07) is 8.91. The number of fused-ring (bicyclic) bond motifs is 1. The molecule has 2 amide bonds. The molecule has 1 N–H and O–H groups in total. The van der Waals surface area contributed by atoms with Crippen LogP contribution in [-0.2, 0) is 9.59 Å². The lowest BCUT2D eigenvalue weighted by atomic mass is 9.49. The highest BCUT2D eigenvalue weighted by atomic mass is 32.2. The van der Waals surface area contributed by atoms with Crippen molar-refractivity contribution in [3.05, 3.63) is 51.2 Å². The van der Waals surface area contributed by atoms with Gasteiger partial charge in [-0.25, -0.2) is 4.79 Å². The second-order valence-corrected chi connectivity index (χ2v) is 11.4. The zero-order valence-corrected chi connectivity index (χ0v) is 19.0. The van der Waals surface area contributed by atoms with Gasteiger partial charge in [-0.15, -0.1) is 0 Å². The average Bonchev–Trinajstić information content (AvgIpc) is 3.00. The van der Waals surface area contributed by atoms with Crippen LogP contribution in [0.25, 0.3) is 17.0 Å². The third-order valence-corrected chi connectivity index (χ3v) is 8.78. The predicted molar refractivity (Wildman–Crippen MR) is 126 cm³/mol. The number of para-hydroxylation sites is 1. The third kappa shape index (κ3) is 3.23. The van der Waals surface area contributed by atoms with Gasteiger partial charge in [0.05, 0.1) is 15.9 Å². The largest absolute Gasteiger partial charge is 0.422 e. The van der Waals surface area contributed by atoms with Gasteiger partial charge in [0, 0.05) is 5.39 Å². The summed E-state index contributed by atoms with van der Waals surface area (Å²) in [5, 5.41) is 1.94. The van der Waals surface area contributed by atoms with Crippen molar-refractivity contribution in [1.29, 1.82) is 0 Å². The van der Waals surface area contributed by atoms with Crippen molar-refractivity contribution in [2.24, 2.45) is 23.2 Å². The first kappa shape index (κ1) is 20.2. The highest BCUT2D eigenvalue weighted by molar-refractivity contribution is 8.26. The van der Waals surface area contributed by atoms with Crippen molar-refractivity contribution in [2.45, 2.75) is 38.5 Å². The van der Waals surface area contributed by atoms with E-state index in [1.54, 1.807) is 18.2 Å². The molecule has 0 unspecified atom stereocenters. The van der Waals surface area contributed by atoms with Crippen LogP contribution >= 0.6 is 24.0 Å². The van der Waals surface area contributed by atoms with Crippen LogP contribution in [0.4, 0.5) is 0 Å². The van der Waals surface area contributed by atoms with E-state index in [-0.39, 0.29) is 21.2 Å². The number of rotatable bonds is 3. The molecule has 7 rings (SSSR count). The maximum Gasteiger partial charge on any atom is 0.343 e. The first-order valence-electron chi connectivity index (χ1n) is 11.0. The number of carbonyl (C=O) groups is 2. The van der Waals surface area contributed by atoms with Crippen LogP contribution in [0.1, 0.15) is 44.1 Å². The first-order valence-corrected chi connectivity index (χ1v) is 12.2. The summed E-state index contributed by atoms with van der Waals surface area (Å²) in [4.78, 5) is 39.1. The Labute approximate surface area is 194 Å². The monoisotopic (exact) mass is 466 g/mol. The van der Waals surface area contributed by atoms with Gasteiger partial charge in [-0.05, 0) is 86.7 Å². The molecule has 0 atom stereocenters. The fourth-order valence-corrected chi connectivity index (χ4v) is 7.66. The molecule has 5 fully saturated rings. The molecule has 5 aliphatic rings. The average molecular weight is 467 g/mol. The molecule has 0 radical (unpaired) electrons. The second kappa shape index (κ2) is 7.28. The normalized spacial score (nSPS) is 32.3. The van der Waals surface area contributed by atoms with Gasteiger partial charge in [0.2, 0.25) is 5.91 Å². The third-order valence-electron chi connectivity index (χ3n) is 7.48. The van der Waals surface area contributed by atoms with Crippen molar-refractivity contribution < 1.29 is 14.0 Å². The minimum Gasteiger partial charge on any atom is -0.422 e. The van der Waals surface area contributed by atoms with E-state index >= 15 is 0 Å². The van der Waals surface area contributed by atoms with Gasteiger partial charge in [-0.1, -0.05) is 30.0 Å². The summed E-state index contributed by atoms with van der Waals surface area (Å²) in [5.41, 5.74) is 2.71. The summed E-state index contributed by atoms with van der Waals surface area (Å²) >= 11 is 6.48. The summed E-state index contributed by atoms with van der Waals surface area (Å²) in [7, 11) is 0. The van der Waals surface area contributed by atoms with E-state index in [2.05, 4.69) is 5.43 Å². The van der Waals surface area contributed by atoms with Crippen molar-refractivity contribution in [3.8, 4) is 0 Å². The van der Waals surface area contributed by atoms with Crippen LogP contribution in [-0.4, -0.2) is 21.1 Å². The summed E-state index contributed by atoms with van der Waals surface area (Å²) in [6.07, 6.45) is 7.95. The van der Waals surface area contributed by atoms with Gasteiger partial charge in [-0.2, -0.15) is 5.01 Å². The van der Waals surface area contributed by atoms with Crippen molar-refractivity contribution in [2.75, 3.05) is 0 Å². The predicted octanol–water partition coefficient (Wildman–Crippen LogP) is 4.24. The maximum absolute atomic E-state index is 13.4. The lowest BCUT2D eigenvalue weighted by Crippen LogP contribution is -2.57. The molecule has 2 aromatic rings. The number of amides is 2. The Balaban J connectivity index is 1.24. The summed E-state index contributed by atoms with van der Waals surface area (Å²) < 4.78 is 5.63. The van der Waals surface area contributed by atoms with Crippen LogP contribution in [0.3, 0.4) is 0 Å². The SMILES string of the molecule is O=C1/C(=C\c2cc3ccccc3oc2=O)SC(=S)N1NC(=O)C12CC3CC(CC(C3)C1)C2. The molecule has 6 nitrogen and oxygen atoms in total. The molecule has 1 aliphatic heterocycles. The lowest BCUT2D eigenvalue weighted by molar-refractivity contribution is -0.152. The van der Waals surface area contributed by atoms with Crippen molar-refractivity contribution in [3.63, 3.8) is 0 Å². The van der Waals surface area contributed by atoms with E-state index in [0.29, 0.717) is 28.2 Å². The number of nitrogens with one attached hydrogen (secondary N) is 1. The molecule has 4 aliphatic carbocycles. The number of thiocarbonyl (C=S) groups is 1. The number of benzene rings is 1. The molecule has 1 aromatic carbocycles. The van der Waals surface area contributed by atoms with Crippen LogP contribution in [0.15, 0.2) is 44.4 Å². The van der Waals surface area contributed by atoms with E-state index in [0.717, 1.165) is 36.4 Å². The Morgan fingerprint density at radius 3 is 2.47 bits per heavy atom. The van der Waals surface area contributed by atoms with E-state index in [1.165, 1.54) is 30.3 Å². The highest BCUT2D eigenvalue weighted by Gasteiger charge is 2.55. The smallest absolute Gasteiger partial charge is 0.343 e. The van der Waals surface area contributed by atoms with Crippen molar-refractivity contribution >= 4 is 57.2 Å². The number of thioether (sulfide) groups is 1.